The van der Waals surface area contributed by atoms with Gasteiger partial charge in [0.1, 0.15) is 5.75 Å². The molecule has 1 aliphatic carbocycles. The van der Waals surface area contributed by atoms with Crippen molar-refractivity contribution in [2.24, 2.45) is 0 Å². The molecular weight excluding hydrogens is 337 g/mol. The molecule has 0 saturated heterocycles. The molecule has 5 heteroatoms. The van der Waals surface area contributed by atoms with Crippen molar-refractivity contribution >= 4 is 22.9 Å². The molecule has 0 saturated carbocycles. The number of phenols is 1. The molecular formula is C21H14NNaO3. The average molecular weight is 351 g/mol. The van der Waals surface area contributed by atoms with Crippen molar-refractivity contribution in [1.29, 1.82) is 0 Å². The zero-order valence-corrected chi connectivity index (χ0v) is 16.5. The second kappa shape index (κ2) is 7.08. The van der Waals surface area contributed by atoms with E-state index < -0.39 is 0 Å². The molecule has 0 spiro atoms. The maximum Gasteiger partial charge on any atom is 1.00 e. The summed E-state index contributed by atoms with van der Waals surface area (Å²) in [5.41, 5.74) is 3.12. The van der Waals surface area contributed by atoms with Gasteiger partial charge in [-0.05, 0) is 12.1 Å². The van der Waals surface area contributed by atoms with Gasteiger partial charge in [-0.15, -0.1) is 6.07 Å². The fraction of sp³-hybridized carbons (Fsp3) is 0.0476. The number of fused-ring (bicyclic) bond motifs is 2. The summed E-state index contributed by atoms with van der Waals surface area (Å²) in [7, 11) is 0. The standard InChI is InChI=1S/C21H14NO3.Na/c1-12-6-8-13(9-7-12)22-16-10-11-17(23)19-18(16)20(24)14-4-2-3-5-15(14)21(19)25;/h2-8,10-11,22-23H,1H3;/q-1;+1. The van der Waals surface area contributed by atoms with E-state index in [1.54, 1.807) is 30.3 Å². The van der Waals surface area contributed by atoms with Crippen molar-refractivity contribution in [3.05, 3.63) is 88.5 Å². The Morgan fingerprint density at radius 3 is 2.15 bits per heavy atom. The van der Waals surface area contributed by atoms with Crippen molar-refractivity contribution in [3.63, 3.8) is 0 Å². The maximum atomic E-state index is 13.0. The van der Waals surface area contributed by atoms with Gasteiger partial charge in [-0.2, -0.15) is 23.8 Å². The number of anilines is 2. The molecule has 4 rings (SSSR count). The summed E-state index contributed by atoms with van der Waals surface area (Å²) in [5, 5.41) is 13.3. The maximum absolute atomic E-state index is 13.0. The minimum absolute atomic E-state index is 0. The molecule has 122 valence electrons. The quantitative estimate of drug-likeness (QED) is 0.322. The van der Waals surface area contributed by atoms with E-state index in [9.17, 15) is 14.7 Å². The number of carbonyl (C=O) groups excluding carboxylic acids is 2. The number of nitrogens with one attached hydrogen (secondary N) is 1. The summed E-state index contributed by atoms with van der Waals surface area (Å²) < 4.78 is 0. The zero-order chi connectivity index (χ0) is 17.6. The van der Waals surface area contributed by atoms with Crippen LogP contribution in [0.4, 0.5) is 11.4 Å². The molecule has 0 atom stereocenters. The van der Waals surface area contributed by atoms with Gasteiger partial charge in [0.05, 0.1) is 11.1 Å². The van der Waals surface area contributed by atoms with E-state index in [0.29, 0.717) is 22.5 Å². The first-order valence-corrected chi connectivity index (χ1v) is 7.86. The Morgan fingerprint density at radius 1 is 0.885 bits per heavy atom. The number of rotatable bonds is 2. The van der Waals surface area contributed by atoms with E-state index >= 15 is 0 Å². The molecule has 0 bridgehead atoms. The summed E-state index contributed by atoms with van der Waals surface area (Å²) in [4.78, 5) is 25.7. The molecule has 0 fully saturated rings. The molecule has 0 amide bonds. The third kappa shape index (κ3) is 2.97. The van der Waals surface area contributed by atoms with Gasteiger partial charge in [-0.3, -0.25) is 9.59 Å². The van der Waals surface area contributed by atoms with Gasteiger partial charge < -0.3 is 10.4 Å². The van der Waals surface area contributed by atoms with Crippen LogP contribution < -0.4 is 34.9 Å². The van der Waals surface area contributed by atoms with Crippen LogP contribution in [0, 0.1) is 13.0 Å². The minimum Gasteiger partial charge on any atom is -0.507 e. The summed E-state index contributed by atoms with van der Waals surface area (Å²) in [5.74, 6) is -0.823. The summed E-state index contributed by atoms with van der Waals surface area (Å²) in [6.07, 6.45) is 0. The molecule has 0 heterocycles. The number of benzene rings is 3. The van der Waals surface area contributed by atoms with Crippen LogP contribution >= 0.6 is 0 Å². The Balaban J connectivity index is 0.00000196. The monoisotopic (exact) mass is 351 g/mol. The Labute approximate surface area is 173 Å². The molecule has 0 unspecified atom stereocenters. The Morgan fingerprint density at radius 2 is 1.54 bits per heavy atom. The summed E-state index contributed by atoms with van der Waals surface area (Å²) >= 11 is 0. The second-order valence-electron chi connectivity index (χ2n) is 5.99. The fourth-order valence-electron chi connectivity index (χ4n) is 3.04. The topological polar surface area (TPSA) is 66.4 Å². The molecule has 2 N–H and O–H groups in total. The number of hydrogen-bond acceptors (Lipinski definition) is 4. The van der Waals surface area contributed by atoms with Gasteiger partial charge in [-0.1, -0.05) is 36.9 Å². The van der Waals surface area contributed by atoms with Gasteiger partial charge in [0.15, 0.2) is 11.6 Å². The minimum atomic E-state index is -0.348. The fourth-order valence-corrected chi connectivity index (χ4v) is 3.04. The van der Waals surface area contributed by atoms with E-state index in [1.165, 1.54) is 6.07 Å². The van der Waals surface area contributed by atoms with E-state index in [-0.39, 0.29) is 58.0 Å². The van der Waals surface area contributed by atoms with E-state index in [1.807, 2.05) is 25.1 Å². The zero-order valence-electron chi connectivity index (χ0n) is 14.5. The predicted octanol–water partition coefficient (Wildman–Crippen LogP) is 1.02. The molecule has 3 aromatic rings. The van der Waals surface area contributed by atoms with Gasteiger partial charge >= 0.3 is 29.6 Å². The van der Waals surface area contributed by atoms with Crippen LogP contribution in [-0.4, -0.2) is 16.7 Å². The Bertz CT molecular complexity index is 1030. The molecule has 0 aromatic heterocycles. The summed E-state index contributed by atoms with van der Waals surface area (Å²) in [6.45, 7) is 1.96. The number of carbonyl (C=O) groups is 2. The van der Waals surface area contributed by atoms with Crippen molar-refractivity contribution < 1.29 is 44.3 Å². The SMILES string of the molecule is Cc1c[c-]c(Nc2ccc(O)c3c2C(=O)c2ccccc2C3=O)cc1.[Na+]. The normalized spacial score (nSPS) is 12.0. The van der Waals surface area contributed by atoms with E-state index in [4.69, 9.17) is 0 Å². The number of aromatic hydroxyl groups is 1. The molecule has 0 radical (unpaired) electrons. The van der Waals surface area contributed by atoms with Crippen molar-refractivity contribution in [2.75, 3.05) is 5.32 Å². The number of phenolic OH excluding ortho intramolecular Hbond substituents is 1. The molecule has 3 aromatic carbocycles. The van der Waals surface area contributed by atoms with E-state index in [0.717, 1.165) is 5.56 Å². The van der Waals surface area contributed by atoms with Crippen LogP contribution in [0.25, 0.3) is 0 Å². The van der Waals surface area contributed by atoms with Gasteiger partial charge in [0.2, 0.25) is 0 Å². The van der Waals surface area contributed by atoms with Crippen LogP contribution in [0.15, 0.2) is 54.6 Å². The third-order valence-corrected chi connectivity index (χ3v) is 4.29. The number of aryl methyl sites for hydroxylation is 1. The van der Waals surface area contributed by atoms with Crippen LogP contribution in [0.2, 0.25) is 0 Å². The van der Waals surface area contributed by atoms with Crippen LogP contribution in [0.1, 0.15) is 37.4 Å². The number of hydrogen-bond donors (Lipinski definition) is 2. The molecule has 4 nitrogen and oxygen atoms in total. The van der Waals surface area contributed by atoms with Crippen LogP contribution in [-0.2, 0) is 0 Å². The van der Waals surface area contributed by atoms with Crippen LogP contribution in [0.5, 0.6) is 5.75 Å². The molecule has 0 aliphatic heterocycles. The van der Waals surface area contributed by atoms with E-state index in [2.05, 4.69) is 11.4 Å². The van der Waals surface area contributed by atoms with Crippen LogP contribution in [0.3, 0.4) is 0 Å². The smallest absolute Gasteiger partial charge is 0.507 e. The van der Waals surface area contributed by atoms with Crippen molar-refractivity contribution in [1.82, 2.24) is 0 Å². The van der Waals surface area contributed by atoms with Gasteiger partial charge in [0.25, 0.3) is 0 Å². The third-order valence-electron chi connectivity index (χ3n) is 4.29. The Kier molecular flexibility index (Phi) is 5.01. The second-order valence-corrected chi connectivity index (χ2v) is 5.99. The van der Waals surface area contributed by atoms with Crippen molar-refractivity contribution in [2.45, 2.75) is 6.92 Å². The predicted molar refractivity (Wildman–Crippen MR) is 94.7 cm³/mol. The van der Waals surface area contributed by atoms with Crippen molar-refractivity contribution in [3.8, 4) is 5.75 Å². The number of ketones is 2. The summed E-state index contributed by atoms with van der Waals surface area (Å²) in [6, 6.07) is 18.4. The molecule has 1 aliphatic rings. The largest absolute Gasteiger partial charge is 1.00 e. The van der Waals surface area contributed by atoms with Gasteiger partial charge in [0, 0.05) is 16.8 Å². The average Bonchev–Trinajstić information content (AvgIpc) is 2.63. The first-order chi connectivity index (χ1) is 12.1. The molecule has 26 heavy (non-hydrogen) atoms. The Hall–Kier alpha value is -2.40. The first-order valence-electron chi connectivity index (χ1n) is 7.86. The first kappa shape index (κ1) is 18.4. The van der Waals surface area contributed by atoms with Gasteiger partial charge in [-0.25, -0.2) is 0 Å².